The number of pyridine rings is 1. The van der Waals surface area contributed by atoms with E-state index in [0.29, 0.717) is 52.4 Å². The maximum atomic E-state index is 13.5. The van der Waals surface area contributed by atoms with Gasteiger partial charge in [0.2, 0.25) is 5.91 Å². The Balaban J connectivity index is 1.37. The zero-order valence-corrected chi connectivity index (χ0v) is 16.4. The number of hydrogen-bond donors (Lipinski definition) is 0. The predicted octanol–water partition coefficient (Wildman–Crippen LogP) is 2.51. The van der Waals surface area contributed by atoms with E-state index in [9.17, 15) is 9.18 Å². The summed E-state index contributed by atoms with van der Waals surface area (Å²) >= 11 is 0. The van der Waals surface area contributed by atoms with Crippen LogP contribution in [0.25, 0.3) is 11.3 Å². The first-order chi connectivity index (χ1) is 14.2. The lowest BCUT2D eigenvalue weighted by Crippen LogP contribution is -2.44. The number of amides is 1. The number of nitrogens with zero attached hydrogens (tertiary/aromatic N) is 3. The van der Waals surface area contributed by atoms with E-state index in [-0.39, 0.29) is 17.8 Å². The van der Waals surface area contributed by atoms with Gasteiger partial charge in [-0.25, -0.2) is 4.39 Å². The van der Waals surface area contributed by atoms with Gasteiger partial charge in [-0.2, -0.15) is 0 Å². The number of morpholine rings is 2. The molecule has 3 heterocycles. The third-order valence-corrected chi connectivity index (χ3v) is 5.38. The van der Waals surface area contributed by atoms with Gasteiger partial charge in [0.1, 0.15) is 11.9 Å². The fraction of sp³-hybridized carbons (Fsp3) is 0.455. The van der Waals surface area contributed by atoms with Crippen LogP contribution in [0.2, 0.25) is 0 Å². The maximum Gasteiger partial charge on any atom is 0.224 e. The quantitative estimate of drug-likeness (QED) is 0.773. The number of aromatic nitrogens is 1. The van der Waals surface area contributed by atoms with Crippen molar-refractivity contribution in [1.29, 1.82) is 0 Å². The number of halogens is 1. The monoisotopic (exact) mass is 399 g/mol. The molecule has 0 N–H and O–H groups in total. The first kappa shape index (κ1) is 19.9. The van der Waals surface area contributed by atoms with Crippen LogP contribution in [0, 0.1) is 5.82 Å². The lowest BCUT2D eigenvalue weighted by molar-refractivity contribution is -0.136. The van der Waals surface area contributed by atoms with Gasteiger partial charge in [-0.05, 0) is 24.3 Å². The Hall–Kier alpha value is -2.35. The fourth-order valence-corrected chi connectivity index (χ4v) is 3.75. The highest BCUT2D eigenvalue weighted by atomic mass is 19.1. The Morgan fingerprint density at radius 3 is 2.76 bits per heavy atom. The number of benzene rings is 1. The molecule has 1 amide bonds. The fourth-order valence-electron chi connectivity index (χ4n) is 3.75. The summed E-state index contributed by atoms with van der Waals surface area (Å²) < 4.78 is 24.8. The molecule has 0 bridgehead atoms. The molecular weight excluding hydrogens is 373 g/mol. The van der Waals surface area contributed by atoms with Crippen LogP contribution in [0.4, 0.5) is 4.39 Å². The molecule has 2 aliphatic heterocycles. The number of ether oxygens (including phenoxy) is 2. The second-order valence-electron chi connectivity index (χ2n) is 7.36. The Labute approximate surface area is 170 Å². The minimum atomic E-state index is -0.278. The van der Waals surface area contributed by atoms with Gasteiger partial charge in [0.25, 0.3) is 0 Å². The summed E-state index contributed by atoms with van der Waals surface area (Å²) in [6.45, 7) is 5.41. The third kappa shape index (κ3) is 5.18. The molecule has 1 aromatic carbocycles. The van der Waals surface area contributed by atoms with Crippen molar-refractivity contribution in [3.63, 3.8) is 0 Å². The molecule has 4 rings (SSSR count). The Bertz CT molecular complexity index is 842. The molecule has 0 unspecified atom stereocenters. The molecular formula is C22H26FN3O3. The summed E-state index contributed by atoms with van der Waals surface area (Å²) in [6.07, 6.45) is 0.347. The van der Waals surface area contributed by atoms with Crippen LogP contribution in [-0.2, 0) is 14.3 Å². The number of rotatable bonds is 5. The van der Waals surface area contributed by atoms with Crippen molar-refractivity contribution in [2.45, 2.75) is 12.5 Å². The summed E-state index contributed by atoms with van der Waals surface area (Å²) in [4.78, 5) is 21.2. The van der Waals surface area contributed by atoms with E-state index in [1.807, 2.05) is 29.2 Å². The first-order valence-electron chi connectivity index (χ1n) is 10.1. The molecule has 1 aromatic heterocycles. The van der Waals surface area contributed by atoms with Crippen LogP contribution in [0.3, 0.4) is 0 Å². The van der Waals surface area contributed by atoms with Gasteiger partial charge in [0.05, 0.1) is 31.2 Å². The predicted molar refractivity (Wildman–Crippen MR) is 107 cm³/mol. The normalized spacial score (nSPS) is 20.6. The molecule has 29 heavy (non-hydrogen) atoms. The van der Waals surface area contributed by atoms with Crippen LogP contribution >= 0.6 is 0 Å². The molecule has 2 aliphatic rings. The zero-order valence-electron chi connectivity index (χ0n) is 16.4. The minimum absolute atomic E-state index is 0.157. The summed E-state index contributed by atoms with van der Waals surface area (Å²) in [7, 11) is 0. The molecule has 154 valence electrons. The SMILES string of the molecule is O=C(CCN1CCO[C@H](c2cccc(-c3cccc(F)c3)n2)C1)N1CCOCC1. The number of carbonyl (C=O) groups is 1. The Morgan fingerprint density at radius 1 is 1.10 bits per heavy atom. The molecule has 7 heteroatoms. The second kappa shape index (κ2) is 9.43. The summed E-state index contributed by atoms with van der Waals surface area (Å²) in [5, 5.41) is 0. The highest BCUT2D eigenvalue weighted by molar-refractivity contribution is 5.76. The molecule has 0 spiro atoms. The molecule has 2 fully saturated rings. The lowest BCUT2D eigenvalue weighted by atomic mass is 10.1. The third-order valence-electron chi connectivity index (χ3n) is 5.38. The topological polar surface area (TPSA) is 54.9 Å². The molecule has 0 radical (unpaired) electrons. The van der Waals surface area contributed by atoms with Crippen molar-refractivity contribution < 1.29 is 18.7 Å². The molecule has 2 aromatic rings. The lowest BCUT2D eigenvalue weighted by Gasteiger charge is -2.33. The zero-order chi connectivity index (χ0) is 20.1. The van der Waals surface area contributed by atoms with Crippen LogP contribution in [0.15, 0.2) is 42.5 Å². The number of hydrogen-bond acceptors (Lipinski definition) is 5. The average Bonchev–Trinajstić information content (AvgIpc) is 2.78. The van der Waals surface area contributed by atoms with Gasteiger partial charge < -0.3 is 14.4 Å². The minimum Gasteiger partial charge on any atom is -0.378 e. The first-order valence-corrected chi connectivity index (χ1v) is 10.1. The Morgan fingerprint density at radius 2 is 1.93 bits per heavy atom. The van der Waals surface area contributed by atoms with Crippen molar-refractivity contribution >= 4 is 5.91 Å². The van der Waals surface area contributed by atoms with E-state index in [1.165, 1.54) is 12.1 Å². The standard InChI is InChI=1S/C22H26FN3O3/c23-18-4-1-3-17(15-18)19-5-2-6-20(24-19)21-16-25(9-14-29-21)8-7-22(27)26-10-12-28-13-11-26/h1-6,15,21H,7-14,16H2/t21-/m0/s1. The van der Waals surface area contributed by atoms with Crippen molar-refractivity contribution in [1.82, 2.24) is 14.8 Å². The maximum absolute atomic E-state index is 13.5. The van der Waals surface area contributed by atoms with Crippen molar-refractivity contribution in [2.24, 2.45) is 0 Å². The molecule has 0 aliphatic carbocycles. The van der Waals surface area contributed by atoms with E-state index >= 15 is 0 Å². The molecule has 1 atom stereocenters. The second-order valence-corrected chi connectivity index (χ2v) is 7.36. The van der Waals surface area contributed by atoms with Gasteiger partial charge in [-0.1, -0.05) is 18.2 Å². The van der Waals surface area contributed by atoms with Gasteiger partial charge in [0, 0.05) is 44.7 Å². The smallest absolute Gasteiger partial charge is 0.224 e. The Kier molecular flexibility index (Phi) is 6.49. The van der Waals surface area contributed by atoms with Gasteiger partial charge in [-0.3, -0.25) is 14.7 Å². The van der Waals surface area contributed by atoms with Crippen molar-refractivity contribution in [3.05, 3.63) is 54.0 Å². The van der Waals surface area contributed by atoms with Crippen LogP contribution in [-0.4, -0.2) is 73.2 Å². The van der Waals surface area contributed by atoms with Gasteiger partial charge in [0.15, 0.2) is 0 Å². The summed E-state index contributed by atoms with van der Waals surface area (Å²) in [5.74, 6) is -0.0951. The summed E-state index contributed by atoms with van der Waals surface area (Å²) in [5.41, 5.74) is 2.30. The molecule has 2 saturated heterocycles. The largest absolute Gasteiger partial charge is 0.378 e. The van der Waals surface area contributed by atoms with Gasteiger partial charge in [-0.15, -0.1) is 0 Å². The van der Waals surface area contributed by atoms with Crippen LogP contribution in [0.5, 0.6) is 0 Å². The van der Waals surface area contributed by atoms with E-state index in [4.69, 9.17) is 14.5 Å². The van der Waals surface area contributed by atoms with Crippen LogP contribution in [0.1, 0.15) is 18.2 Å². The van der Waals surface area contributed by atoms with Crippen molar-refractivity contribution in [3.8, 4) is 11.3 Å². The van der Waals surface area contributed by atoms with E-state index in [1.54, 1.807) is 6.07 Å². The number of carbonyl (C=O) groups excluding carboxylic acids is 1. The van der Waals surface area contributed by atoms with Crippen molar-refractivity contribution in [2.75, 3.05) is 52.5 Å². The summed E-state index contributed by atoms with van der Waals surface area (Å²) in [6, 6.07) is 12.2. The van der Waals surface area contributed by atoms with E-state index in [2.05, 4.69) is 4.90 Å². The molecule has 6 nitrogen and oxygen atoms in total. The average molecular weight is 399 g/mol. The van der Waals surface area contributed by atoms with Gasteiger partial charge >= 0.3 is 0 Å². The van der Waals surface area contributed by atoms with E-state index < -0.39 is 0 Å². The van der Waals surface area contributed by atoms with E-state index in [0.717, 1.165) is 23.5 Å². The molecule has 0 saturated carbocycles. The van der Waals surface area contributed by atoms with Crippen LogP contribution < -0.4 is 0 Å². The highest BCUT2D eigenvalue weighted by Crippen LogP contribution is 2.24. The highest BCUT2D eigenvalue weighted by Gasteiger charge is 2.25.